The molecule has 0 saturated carbocycles. The van der Waals surface area contributed by atoms with Gasteiger partial charge in [-0.25, -0.2) is 0 Å². The number of amides is 1. The highest BCUT2D eigenvalue weighted by molar-refractivity contribution is 6.18. The molecule has 0 saturated heterocycles. The third-order valence-corrected chi connectivity index (χ3v) is 1.57. The molecule has 0 aromatic rings. The van der Waals surface area contributed by atoms with Crippen molar-refractivity contribution in [2.24, 2.45) is 0 Å². The summed E-state index contributed by atoms with van der Waals surface area (Å²) in [4.78, 5) is 11.3. The number of halogens is 1. The molecule has 1 amide bonds. The fraction of sp³-hybridized carbons (Fsp3) is 0.556. The van der Waals surface area contributed by atoms with Crippen molar-refractivity contribution >= 4 is 17.5 Å². The van der Waals surface area contributed by atoms with Crippen molar-refractivity contribution in [3.8, 4) is 6.07 Å². The van der Waals surface area contributed by atoms with Crippen LogP contribution in [0.4, 0.5) is 0 Å². The summed E-state index contributed by atoms with van der Waals surface area (Å²) in [6, 6.07) is 1.81. The smallest absolute Gasteiger partial charge is 0.263 e. The van der Waals surface area contributed by atoms with Gasteiger partial charge in [-0.2, -0.15) is 5.26 Å². The molecule has 78 valence electrons. The molecule has 0 heterocycles. The van der Waals surface area contributed by atoms with E-state index in [2.05, 4.69) is 10.6 Å². The monoisotopic (exact) mass is 215 g/mol. The molecule has 5 heteroatoms. The van der Waals surface area contributed by atoms with E-state index in [1.807, 2.05) is 13.0 Å². The van der Waals surface area contributed by atoms with Gasteiger partial charge in [0.1, 0.15) is 11.6 Å². The first kappa shape index (κ1) is 12.8. The van der Waals surface area contributed by atoms with Crippen LogP contribution in [0, 0.1) is 11.3 Å². The molecule has 14 heavy (non-hydrogen) atoms. The van der Waals surface area contributed by atoms with Crippen molar-refractivity contribution in [3.05, 3.63) is 11.8 Å². The lowest BCUT2D eigenvalue weighted by atomic mass is 10.3. The number of alkyl halides is 1. The summed E-state index contributed by atoms with van der Waals surface area (Å²) in [7, 11) is 0. The molecule has 0 atom stereocenters. The number of carbonyl (C=O) groups excluding carboxylic acids is 1. The average molecular weight is 216 g/mol. The van der Waals surface area contributed by atoms with Gasteiger partial charge in [0, 0.05) is 25.2 Å². The van der Waals surface area contributed by atoms with Crippen molar-refractivity contribution in [2.75, 3.05) is 19.0 Å². The van der Waals surface area contributed by atoms with Crippen molar-refractivity contribution in [1.29, 1.82) is 5.26 Å². The standard InChI is InChI=1S/C9H14ClN3O/c1-2-4-13-9(14)8(6-11)7-12-5-3-10/h7,12H,2-5H2,1H3,(H,13,14)/b8-7-. The summed E-state index contributed by atoms with van der Waals surface area (Å²) in [5, 5.41) is 14.0. The third kappa shape index (κ3) is 5.44. The SMILES string of the molecule is CCCNC(=O)/C(C#N)=C\NCCCl. The maximum Gasteiger partial charge on any atom is 0.263 e. The Morgan fingerprint density at radius 1 is 1.57 bits per heavy atom. The van der Waals surface area contributed by atoms with E-state index < -0.39 is 0 Å². The number of nitriles is 1. The van der Waals surface area contributed by atoms with E-state index in [4.69, 9.17) is 16.9 Å². The van der Waals surface area contributed by atoms with Gasteiger partial charge in [-0.05, 0) is 6.42 Å². The molecule has 0 rings (SSSR count). The molecular formula is C9H14ClN3O. The van der Waals surface area contributed by atoms with Gasteiger partial charge in [0.05, 0.1) is 0 Å². The number of nitrogens with one attached hydrogen (secondary N) is 2. The van der Waals surface area contributed by atoms with E-state index >= 15 is 0 Å². The first-order valence-electron chi connectivity index (χ1n) is 4.44. The Hall–Kier alpha value is -1.21. The lowest BCUT2D eigenvalue weighted by molar-refractivity contribution is -0.117. The Labute approximate surface area is 88.9 Å². The van der Waals surface area contributed by atoms with Crippen molar-refractivity contribution in [2.45, 2.75) is 13.3 Å². The average Bonchev–Trinajstić information content (AvgIpc) is 2.21. The molecule has 0 bridgehead atoms. The molecule has 4 nitrogen and oxygen atoms in total. The second-order valence-corrected chi connectivity index (χ2v) is 2.95. The second-order valence-electron chi connectivity index (χ2n) is 2.57. The normalized spacial score (nSPS) is 10.5. The Morgan fingerprint density at radius 2 is 2.29 bits per heavy atom. The lowest BCUT2D eigenvalue weighted by Gasteiger charge is -2.01. The summed E-state index contributed by atoms with van der Waals surface area (Å²) in [6.07, 6.45) is 2.23. The molecule has 0 fully saturated rings. The van der Waals surface area contributed by atoms with Crippen LogP contribution in [0.3, 0.4) is 0 Å². The van der Waals surface area contributed by atoms with E-state index in [9.17, 15) is 4.79 Å². The van der Waals surface area contributed by atoms with E-state index in [-0.39, 0.29) is 11.5 Å². The van der Waals surface area contributed by atoms with Crippen LogP contribution in [0.5, 0.6) is 0 Å². The van der Waals surface area contributed by atoms with E-state index in [1.54, 1.807) is 0 Å². The van der Waals surface area contributed by atoms with E-state index in [0.29, 0.717) is 19.0 Å². The van der Waals surface area contributed by atoms with Gasteiger partial charge >= 0.3 is 0 Å². The van der Waals surface area contributed by atoms with Crippen LogP contribution in [-0.4, -0.2) is 24.9 Å². The Balaban J connectivity index is 4.06. The minimum absolute atomic E-state index is 0.0727. The Kier molecular flexibility index (Phi) is 7.67. The summed E-state index contributed by atoms with van der Waals surface area (Å²) in [5.74, 6) is 0.0858. The van der Waals surface area contributed by atoms with Gasteiger partial charge in [-0.1, -0.05) is 6.92 Å². The summed E-state index contributed by atoms with van der Waals surface area (Å²) in [5.41, 5.74) is 0.0727. The molecule has 0 aliphatic carbocycles. The molecule has 0 aromatic heterocycles. The van der Waals surface area contributed by atoms with Crippen LogP contribution in [-0.2, 0) is 4.79 Å². The highest BCUT2D eigenvalue weighted by Gasteiger charge is 2.06. The zero-order valence-corrected chi connectivity index (χ0v) is 8.90. The largest absolute Gasteiger partial charge is 0.388 e. The highest BCUT2D eigenvalue weighted by atomic mass is 35.5. The Bertz CT molecular complexity index is 245. The minimum atomic E-state index is -0.351. The van der Waals surface area contributed by atoms with Gasteiger partial charge in [-0.3, -0.25) is 4.79 Å². The molecule has 2 N–H and O–H groups in total. The van der Waals surface area contributed by atoms with E-state index in [1.165, 1.54) is 6.20 Å². The van der Waals surface area contributed by atoms with Crippen LogP contribution >= 0.6 is 11.6 Å². The number of hydrogen-bond donors (Lipinski definition) is 2. The highest BCUT2D eigenvalue weighted by Crippen LogP contribution is 1.90. The predicted molar refractivity (Wildman–Crippen MR) is 55.7 cm³/mol. The van der Waals surface area contributed by atoms with Gasteiger partial charge in [0.15, 0.2) is 0 Å². The Morgan fingerprint density at radius 3 is 2.79 bits per heavy atom. The van der Waals surface area contributed by atoms with Crippen LogP contribution < -0.4 is 10.6 Å². The zero-order chi connectivity index (χ0) is 10.8. The molecular weight excluding hydrogens is 202 g/mol. The maximum atomic E-state index is 11.3. The number of rotatable bonds is 6. The summed E-state index contributed by atoms with van der Waals surface area (Å²) >= 11 is 5.42. The van der Waals surface area contributed by atoms with Crippen LogP contribution in [0.2, 0.25) is 0 Å². The zero-order valence-electron chi connectivity index (χ0n) is 8.14. The van der Waals surface area contributed by atoms with E-state index in [0.717, 1.165) is 6.42 Å². The molecule has 0 unspecified atom stereocenters. The number of hydrogen-bond acceptors (Lipinski definition) is 3. The first-order chi connectivity index (χ1) is 6.76. The quantitative estimate of drug-likeness (QED) is 0.297. The van der Waals surface area contributed by atoms with Crippen molar-refractivity contribution in [1.82, 2.24) is 10.6 Å². The summed E-state index contributed by atoms with van der Waals surface area (Å²) < 4.78 is 0. The third-order valence-electron chi connectivity index (χ3n) is 1.39. The van der Waals surface area contributed by atoms with Gasteiger partial charge in [-0.15, -0.1) is 11.6 Å². The van der Waals surface area contributed by atoms with Crippen molar-refractivity contribution < 1.29 is 4.79 Å². The van der Waals surface area contributed by atoms with Crippen LogP contribution in [0.15, 0.2) is 11.8 Å². The molecule has 0 aliphatic rings. The first-order valence-corrected chi connectivity index (χ1v) is 4.97. The second kappa shape index (κ2) is 8.39. The molecule has 0 spiro atoms. The minimum Gasteiger partial charge on any atom is -0.388 e. The summed E-state index contributed by atoms with van der Waals surface area (Å²) in [6.45, 7) is 3.06. The van der Waals surface area contributed by atoms with Gasteiger partial charge in [0.2, 0.25) is 0 Å². The van der Waals surface area contributed by atoms with Crippen molar-refractivity contribution in [3.63, 3.8) is 0 Å². The number of nitrogens with zero attached hydrogens (tertiary/aromatic N) is 1. The lowest BCUT2D eigenvalue weighted by Crippen LogP contribution is -2.26. The molecule has 0 aromatic carbocycles. The fourth-order valence-corrected chi connectivity index (χ4v) is 0.820. The predicted octanol–water partition coefficient (Wildman–Crippen LogP) is 0.748. The van der Waals surface area contributed by atoms with Crippen LogP contribution in [0.1, 0.15) is 13.3 Å². The van der Waals surface area contributed by atoms with Gasteiger partial charge in [0.25, 0.3) is 5.91 Å². The maximum absolute atomic E-state index is 11.3. The topological polar surface area (TPSA) is 64.9 Å². The molecule has 0 radical (unpaired) electrons. The fourth-order valence-electron chi connectivity index (χ4n) is 0.711. The molecule has 0 aliphatic heterocycles. The van der Waals surface area contributed by atoms with Gasteiger partial charge < -0.3 is 10.6 Å². The van der Waals surface area contributed by atoms with Crippen LogP contribution in [0.25, 0.3) is 0 Å². The number of carbonyl (C=O) groups is 1.